The van der Waals surface area contributed by atoms with E-state index in [-0.39, 0.29) is 0 Å². The topological polar surface area (TPSA) is 20.2 Å². The van der Waals surface area contributed by atoms with Crippen LogP contribution in [0.15, 0.2) is 0 Å². The molecule has 0 aromatic heterocycles. The highest BCUT2D eigenvalue weighted by Gasteiger charge is 2.03. The maximum Gasteiger partial charge on any atom is 0.0431 e. The van der Waals surface area contributed by atoms with Crippen molar-refractivity contribution in [3.63, 3.8) is 0 Å². The van der Waals surface area contributed by atoms with Crippen LogP contribution in [-0.2, 0) is 0 Å². The van der Waals surface area contributed by atoms with Gasteiger partial charge in [-0.2, -0.15) is 11.8 Å². The monoisotopic (exact) mass is 316 g/mol. The highest BCUT2D eigenvalue weighted by molar-refractivity contribution is 7.99. The molecule has 1 N–H and O–H groups in total. The summed E-state index contributed by atoms with van der Waals surface area (Å²) in [5.74, 6) is 4.51. The Kier molecular flexibility index (Phi) is 16.9. The van der Waals surface area contributed by atoms with Crippen LogP contribution in [-0.4, -0.2) is 23.2 Å². The lowest BCUT2D eigenvalue weighted by atomic mass is 9.98. The Hall–Kier alpha value is 0.310. The molecule has 0 bridgehead atoms. The van der Waals surface area contributed by atoms with Crippen LogP contribution in [0.4, 0.5) is 0 Å². The summed E-state index contributed by atoms with van der Waals surface area (Å²) in [7, 11) is 0. The molecule has 1 nitrogen and oxygen atoms in total. The second-order valence-corrected chi connectivity index (χ2v) is 8.25. The minimum absolute atomic E-state index is 0.368. The zero-order valence-corrected chi connectivity index (χ0v) is 15.7. The maximum atomic E-state index is 8.70. The van der Waals surface area contributed by atoms with E-state index in [0.29, 0.717) is 6.61 Å². The number of hydrogen-bond acceptors (Lipinski definition) is 2. The van der Waals surface area contributed by atoms with Crippen molar-refractivity contribution in [3.8, 4) is 0 Å². The van der Waals surface area contributed by atoms with Crippen LogP contribution < -0.4 is 0 Å². The molecule has 0 saturated heterocycles. The molecular weight excluding hydrogens is 276 g/mol. The average molecular weight is 317 g/mol. The van der Waals surface area contributed by atoms with Crippen LogP contribution in [0, 0.1) is 11.8 Å². The van der Waals surface area contributed by atoms with Gasteiger partial charge >= 0.3 is 0 Å². The van der Waals surface area contributed by atoms with Gasteiger partial charge in [0.1, 0.15) is 0 Å². The third-order valence-corrected chi connectivity index (χ3v) is 5.28. The fourth-order valence-corrected chi connectivity index (χ4v) is 3.79. The summed E-state index contributed by atoms with van der Waals surface area (Å²) in [6.07, 6.45) is 14.7. The molecule has 0 aliphatic heterocycles. The molecular formula is C19H40OS. The first kappa shape index (κ1) is 21.3. The van der Waals surface area contributed by atoms with Gasteiger partial charge in [0.2, 0.25) is 0 Å². The van der Waals surface area contributed by atoms with Crippen LogP contribution in [0.1, 0.15) is 91.4 Å². The average Bonchev–Trinajstić information content (AvgIpc) is 2.44. The molecule has 0 aliphatic carbocycles. The summed E-state index contributed by atoms with van der Waals surface area (Å²) < 4.78 is 0. The van der Waals surface area contributed by atoms with Crippen molar-refractivity contribution < 1.29 is 5.11 Å². The van der Waals surface area contributed by atoms with E-state index < -0.39 is 0 Å². The van der Waals surface area contributed by atoms with E-state index in [1.807, 2.05) is 0 Å². The second-order valence-electron chi connectivity index (χ2n) is 7.03. The third kappa shape index (κ3) is 18.3. The Morgan fingerprint density at radius 1 is 0.667 bits per heavy atom. The Morgan fingerprint density at radius 3 is 1.90 bits per heavy atom. The SMILES string of the molecule is CC(C)CCCC(C)CCSCCCCCCCCCO. The van der Waals surface area contributed by atoms with Gasteiger partial charge in [0.05, 0.1) is 0 Å². The lowest BCUT2D eigenvalue weighted by molar-refractivity contribution is 0.282. The van der Waals surface area contributed by atoms with Crippen molar-refractivity contribution in [1.29, 1.82) is 0 Å². The summed E-state index contributed by atoms with van der Waals surface area (Å²) in [5.41, 5.74) is 0. The molecule has 0 saturated carbocycles. The van der Waals surface area contributed by atoms with Crippen molar-refractivity contribution in [3.05, 3.63) is 0 Å². The summed E-state index contributed by atoms with van der Waals surface area (Å²) in [6, 6.07) is 0. The lowest BCUT2D eigenvalue weighted by Crippen LogP contribution is -1.98. The Bertz CT molecular complexity index is 194. The molecule has 128 valence electrons. The van der Waals surface area contributed by atoms with Crippen molar-refractivity contribution in [2.24, 2.45) is 11.8 Å². The Labute approximate surface area is 138 Å². The number of thioether (sulfide) groups is 1. The fraction of sp³-hybridized carbons (Fsp3) is 1.00. The van der Waals surface area contributed by atoms with Crippen LogP contribution in [0.25, 0.3) is 0 Å². The second kappa shape index (κ2) is 16.7. The molecule has 0 amide bonds. The zero-order chi connectivity index (χ0) is 15.8. The summed E-state index contributed by atoms with van der Waals surface area (Å²) in [6.45, 7) is 7.44. The van der Waals surface area contributed by atoms with Gasteiger partial charge in [-0.15, -0.1) is 0 Å². The van der Waals surface area contributed by atoms with E-state index in [2.05, 4.69) is 32.5 Å². The van der Waals surface area contributed by atoms with E-state index in [9.17, 15) is 0 Å². The van der Waals surface area contributed by atoms with Gasteiger partial charge in [-0.3, -0.25) is 0 Å². The molecule has 1 atom stereocenters. The van der Waals surface area contributed by atoms with Crippen LogP contribution >= 0.6 is 11.8 Å². The standard InChI is InChI=1S/C19H40OS/c1-18(2)12-11-13-19(3)14-17-21-16-10-8-6-4-5-7-9-15-20/h18-20H,4-17H2,1-3H3. The minimum Gasteiger partial charge on any atom is -0.396 e. The normalized spacial score (nSPS) is 13.0. The van der Waals surface area contributed by atoms with Gasteiger partial charge in [-0.1, -0.05) is 72.1 Å². The first-order chi connectivity index (χ1) is 10.2. The van der Waals surface area contributed by atoms with Crippen molar-refractivity contribution in [1.82, 2.24) is 0 Å². The molecule has 0 fully saturated rings. The smallest absolute Gasteiger partial charge is 0.0431 e. The molecule has 21 heavy (non-hydrogen) atoms. The van der Waals surface area contributed by atoms with E-state index in [4.69, 9.17) is 5.11 Å². The predicted octanol–water partition coefficient (Wildman–Crippen LogP) is 6.30. The first-order valence-corrected chi connectivity index (χ1v) is 10.5. The number of unbranched alkanes of at least 4 members (excludes halogenated alkanes) is 6. The van der Waals surface area contributed by atoms with Crippen molar-refractivity contribution >= 4 is 11.8 Å². The third-order valence-electron chi connectivity index (χ3n) is 4.18. The zero-order valence-electron chi connectivity index (χ0n) is 14.9. The van der Waals surface area contributed by atoms with Crippen LogP contribution in [0.5, 0.6) is 0 Å². The summed E-state index contributed by atoms with van der Waals surface area (Å²) in [5, 5.41) is 8.70. The van der Waals surface area contributed by atoms with Crippen molar-refractivity contribution in [2.75, 3.05) is 18.1 Å². The van der Waals surface area contributed by atoms with Gasteiger partial charge in [-0.05, 0) is 42.6 Å². The van der Waals surface area contributed by atoms with E-state index in [1.165, 1.54) is 75.7 Å². The minimum atomic E-state index is 0.368. The number of aliphatic hydroxyl groups excluding tert-OH is 1. The predicted molar refractivity (Wildman–Crippen MR) is 99.2 cm³/mol. The lowest BCUT2D eigenvalue weighted by Gasteiger charge is -2.12. The molecule has 0 radical (unpaired) electrons. The van der Waals surface area contributed by atoms with E-state index in [0.717, 1.165) is 18.3 Å². The Balaban J connectivity index is 3.10. The number of hydrogen-bond donors (Lipinski definition) is 1. The van der Waals surface area contributed by atoms with Gasteiger partial charge in [0.25, 0.3) is 0 Å². The fourth-order valence-electron chi connectivity index (χ4n) is 2.61. The van der Waals surface area contributed by atoms with Gasteiger partial charge < -0.3 is 5.11 Å². The molecule has 0 aromatic carbocycles. The van der Waals surface area contributed by atoms with Crippen LogP contribution in [0.3, 0.4) is 0 Å². The van der Waals surface area contributed by atoms with Gasteiger partial charge in [-0.25, -0.2) is 0 Å². The largest absolute Gasteiger partial charge is 0.396 e. The Morgan fingerprint density at radius 2 is 1.29 bits per heavy atom. The molecule has 1 unspecified atom stereocenters. The van der Waals surface area contributed by atoms with Gasteiger partial charge in [0.15, 0.2) is 0 Å². The molecule has 0 aromatic rings. The summed E-state index contributed by atoms with van der Waals surface area (Å²) >= 11 is 2.16. The highest BCUT2D eigenvalue weighted by atomic mass is 32.2. The molecule has 0 spiro atoms. The molecule has 0 aliphatic rings. The highest BCUT2D eigenvalue weighted by Crippen LogP contribution is 2.18. The van der Waals surface area contributed by atoms with E-state index >= 15 is 0 Å². The quantitative estimate of drug-likeness (QED) is 0.337. The molecule has 2 heteroatoms. The van der Waals surface area contributed by atoms with Crippen molar-refractivity contribution in [2.45, 2.75) is 91.4 Å². The number of rotatable bonds is 16. The van der Waals surface area contributed by atoms with Gasteiger partial charge in [0, 0.05) is 6.61 Å². The number of aliphatic hydroxyl groups is 1. The molecule has 0 rings (SSSR count). The van der Waals surface area contributed by atoms with Crippen LogP contribution in [0.2, 0.25) is 0 Å². The first-order valence-electron chi connectivity index (χ1n) is 9.35. The maximum absolute atomic E-state index is 8.70. The molecule has 0 heterocycles. The summed E-state index contributed by atoms with van der Waals surface area (Å²) in [4.78, 5) is 0. The van der Waals surface area contributed by atoms with E-state index in [1.54, 1.807) is 0 Å².